The van der Waals surface area contributed by atoms with E-state index in [0.29, 0.717) is 26.2 Å². The molecule has 1 aromatic heterocycles. The molecule has 0 bridgehead atoms. The molecule has 6 nitrogen and oxygen atoms in total. The van der Waals surface area contributed by atoms with E-state index < -0.39 is 22.9 Å². The van der Waals surface area contributed by atoms with E-state index in [2.05, 4.69) is 23.6 Å². The van der Waals surface area contributed by atoms with Crippen LogP contribution in [0.1, 0.15) is 18.2 Å². The normalized spacial score (nSPS) is 13.0. The average Bonchev–Trinajstić information content (AvgIpc) is 3.15. The first-order chi connectivity index (χ1) is 15.4. The van der Waals surface area contributed by atoms with Gasteiger partial charge in [0.15, 0.2) is 6.10 Å². The molecule has 0 aliphatic carbocycles. The van der Waals surface area contributed by atoms with Gasteiger partial charge in [0.05, 0.1) is 6.54 Å². The summed E-state index contributed by atoms with van der Waals surface area (Å²) < 4.78 is 25.0. The van der Waals surface area contributed by atoms with Gasteiger partial charge in [0, 0.05) is 46.4 Å². The van der Waals surface area contributed by atoms with Crippen LogP contribution in [-0.4, -0.2) is 45.4 Å². The Bertz CT molecular complexity index is 1060. The van der Waals surface area contributed by atoms with E-state index in [-0.39, 0.29) is 0 Å². The molecule has 0 aliphatic rings. The molecule has 1 heterocycles. The highest BCUT2D eigenvalue weighted by Gasteiger charge is 2.17. The van der Waals surface area contributed by atoms with E-state index in [1.54, 1.807) is 13.2 Å². The monoisotopic (exact) mass is 455 g/mol. The zero-order valence-corrected chi connectivity index (χ0v) is 19.4. The molecular weight excluding hydrogens is 426 g/mol. The molecule has 3 aromatic rings. The van der Waals surface area contributed by atoms with Gasteiger partial charge in [-0.2, -0.15) is 0 Å². The summed E-state index contributed by atoms with van der Waals surface area (Å²) in [6.45, 7) is 5.39. The molecule has 0 amide bonds. The van der Waals surface area contributed by atoms with E-state index in [1.165, 1.54) is 0 Å². The van der Waals surface area contributed by atoms with Crippen molar-refractivity contribution in [2.24, 2.45) is 0 Å². The summed E-state index contributed by atoms with van der Waals surface area (Å²) in [5.41, 5.74) is 4.18. The number of aryl methyl sites for hydroxylation is 1. The van der Waals surface area contributed by atoms with Crippen LogP contribution in [0.3, 0.4) is 0 Å². The van der Waals surface area contributed by atoms with Crippen molar-refractivity contribution in [2.75, 3.05) is 19.5 Å². The molecule has 32 heavy (non-hydrogen) atoms. The summed E-state index contributed by atoms with van der Waals surface area (Å²) in [6.07, 6.45) is 1.16. The fourth-order valence-corrected chi connectivity index (χ4v) is 4.06. The van der Waals surface area contributed by atoms with Crippen LogP contribution < -0.4 is 4.74 Å². The molecule has 1 N–H and O–H groups in total. The van der Waals surface area contributed by atoms with Crippen molar-refractivity contribution in [3.63, 3.8) is 0 Å². The Labute approximate surface area is 191 Å². The van der Waals surface area contributed by atoms with E-state index in [0.717, 1.165) is 33.2 Å². The molecule has 2 atom stereocenters. The highest BCUT2D eigenvalue weighted by Crippen LogP contribution is 2.24. The van der Waals surface area contributed by atoms with Gasteiger partial charge in [0.25, 0.3) is 0 Å². The third-order valence-corrected chi connectivity index (χ3v) is 6.19. The quantitative estimate of drug-likeness (QED) is 0.466. The van der Waals surface area contributed by atoms with Crippen molar-refractivity contribution >= 4 is 16.8 Å². The lowest BCUT2D eigenvalue weighted by molar-refractivity contribution is -0.149. The lowest BCUT2D eigenvalue weighted by Gasteiger charge is -2.14. The van der Waals surface area contributed by atoms with Gasteiger partial charge in [-0.25, -0.2) is 4.79 Å². The number of hydrogen-bond donors (Lipinski definition) is 1. The van der Waals surface area contributed by atoms with Crippen LogP contribution in [0, 0.1) is 6.92 Å². The zero-order chi connectivity index (χ0) is 23.1. The van der Waals surface area contributed by atoms with Gasteiger partial charge in [0.2, 0.25) is 0 Å². The van der Waals surface area contributed by atoms with E-state index in [4.69, 9.17) is 9.47 Å². The Kier molecular flexibility index (Phi) is 8.25. The first kappa shape index (κ1) is 23.8. The lowest BCUT2D eigenvalue weighted by Crippen LogP contribution is -2.26. The highest BCUT2D eigenvalue weighted by molar-refractivity contribution is 7.84. The van der Waals surface area contributed by atoms with Gasteiger partial charge in [0.1, 0.15) is 12.4 Å². The minimum absolute atomic E-state index is 0.319. The zero-order valence-electron chi connectivity index (χ0n) is 18.6. The van der Waals surface area contributed by atoms with Crippen molar-refractivity contribution < 1.29 is 23.6 Å². The van der Waals surface area contributed by atoms with E-state index in [9.17, 15) is 14.1 Å². The molecule has 0 fully saturated rings. The maximum absolute atomic E-state index is 11.6. The average molecular weight is 456 g/mol. The van der Waals surface area contributed by atoms with Gasteiger partial charge in [-0.15, -0.1) is 0 Å². The second-order valence-corrected chi connectivity index (χ2v) is 8.85. The number of carboxylic acid groups (broad SMARTS) is 1. The van der Waals surface area contributed by atoms with Gasteiger partial charge < -0.3 is 19.1 Å². The number of carbonyl (C=O) groups is 1. The third kappa shape index (κ3) is 6.08. The van der Waals surface area contributed by atoms with Crippen LogP contribution in [0.5, 0.6) is 5.75 Å². The largest absolute Gasteiger partial charge is 0.492 e. The Morgan fingerprint density at radius 3 is 2.34 bits per heavy atom. The number of aliphatic carboxylic acids is 1. The van der Waals surface area contributed by atoms with Crippen molar-refractivity contribution in [2.45, 2.75) is 37.8 Å². The summed E-state index contributed by atoms with van der Waals surface area (Å²) >= 11 is 0. The number of nitrogens with zero attached hydrogens (tertiary/aromatic N) is 1. The van der Waals surface area contributed by atoms with Gasteiger partial charge >= 0.3 is 5.97 Å². The summed E-state index contributed by atoms with van der Waals surface area (Å²) in [6, 6.07) is 19.4. The van der Waals surface area contributed by atoms with Crippen LogP contribution in [0.2, 0.25) is 0 Å². The van der Waals surface area contributed by atoms with Gasteiger partial charge in [-0.05, 0) is 61.4 Å². The molecule has 3 rings (SSSR count). The van der Waals surface area contributed by atoms with Crippen molar-refractivity contribution in [3.05, 3.63) is 71.9 Å². The van der Waals surface area contributed by atoms with Crippen molar-refractivity contribution in [1.82, 2.24) is 4.57 Å². The van der Waals surface area contributed by atoms with Crippen LogP contribution in [-0.2, 0) is 33.3 Å². The number of hydrogen-bond acceptors (Lipinski definition) is 4. The number of aromatic nitrogens is 1. The van der Waals surface area contributed by atoms with Crippen LogP contribution >= 0.6 is 0 Å². The minimum atomic E-state index is -0.992. The van der Waals surface area contributed by atoms with E-state index >= 15 is 0 Å². The first-order valence-corrected chi connectivity index (χ1v) is 12.1. The fraction of sp³-hybridized carbons (Fsp3) is 0.320. The minimum Gasteiger partial charge on any atom is -0.492 e. The second-order valence-electron chi connectivity index (χ2n) is 7.47. The topological polar surface area (TPSA) is 77.8 Å². The van der Waals surface area contributed by atoms with Crippen molar-refractivity contribution in [3.8, 4) is 17.0 Å². The summed E-state index contributed by atoms with van der Waals surface area (Å²) in [7, 11) is -0.992. The molecule has 0 spiro atoms. The fourth-order valence-electron chi connectivity index (χ4n) is 3.55. The van der Waals surface area contributed by atoms with Crippen LogP contribution in [0.25, 0.3) is 11.3 Å². The predicted octanol–water partition coefficient (Wildman–Crippen LogP) is 4.31. The number of benzene rings is 2. The van der Waals surface area contributed by atoms with Gasteiger partial charge in [-0.1, -0.05) is 24.3 Å². The number of rotatable bonds is 11. The first-order valence-electron chi connectivity index (χ1n) is 10.5. The van der Waals surface area contributed by atoms with Crippen LogP contribution in [0.4, 0.5) is 0 Å². The number of carboxylic acids is 1. The molecule has 1 unspecified atom stereocenters. The lowest BCUT2D eigenvalue weighted by atomic mass is 10.1. The Hall–Kier alpha value is -2.90. The standard InChI is InChI=1S/C25H29NO5S/c1-4-30-24(25(27)28)17-19-6-10-21(11-7-19)31-16-15-26-18(2)5-14-23(26)20-8-12-22(13-9-20)32(3)29/h5-14,24H,4,15-17H2,1-3H3,(H,27,28)/t24-,32?/m0/s1. The summed E-state index contributed by atoms with van der Waals surface area (Å²) in [4.78, 5) is 12.1. The molecule has 7 heteroatoms. The molecule has 0 saturated heterocycles. The Balaban J connectivity index is 1.60. The highest BCUT2D eigenvalue weighted by atomic mass is 32.2. The smallest absolute Gasteiger partial charge is 0.333 e. The second kappa shape index (κ2) is 11.1. The Morgan fingerprint density at radius 1 is 1.06 bits per heavy atom. The molecule has 170 valence electrons. The molecule has 0 saturated carbocycles. The molecular formula is C25H29NO5S. The SMILES string of the molecule is CCO[C@@H](Cc1ccc(OCCn2c(C)ccc2-c2ccc(S(C)=O)cc2)cc1)C(=O)O. The predicted molar refractivity (Wildman–Crippen MR) is 126 cm³/mol. The molecule has 0 radical (unpaired) electrons. The number of ether oxygens (including phenoxy) is 2. The Morgan fingerprint density at radius 2 is 1.75 bits per heavy atom. The molecule has 2 aromatic carbocycles. The van der Waals surface area contributed by atoms with Gasteiger partial charge in [-0.3, -0.25) is 4.21 Å². The maximum Gasteiger partial charge on any atom is 0.333 e. The maximum atomic E-state index is 11.6. The van der Waals surface area contributed by atoms with Crippen LogP contribution in [0.15, 0.2) is 65.6 Å². The molecule has 0 aliphatic heterocycles. The summed E-state index contributed by atoms with van der Waals surface area (Å²) in [5.74, 6) is -0.221. The third-order valence-electron chi connectivity index (χ3n) is 5.25. The summed E-state index contributed by atoms with van der Waals surface area (Å²) in [5, 5.41) is 9.23. The van der Waals surface area contributed by atoms with Crippen molar-refractivity contribution in [1.29, 1.82) is 0 Å². The van der Waals surface area contributed by atoms with E-state index in [1.807, 2.05) is 48.5 Å².